The second kappa shape index (κ2) is 6.16. The van der Waals surface area contributed by atoms with E-state index in [1.807, 2.05) is 6.92 Å². The molecule has 0 amide bonds. The number of anilines is 1. The molecule has 112 valence electrons. The maximum atomic E-state index is 12.5. The number of halogens is 5. The van der Waals surface area contributed by atoms with Gasteiger partial charge in [0, 0.05) is 11.1 Å². The zero-order valence-corrected chi connectivity index (χ0v) is 12.5. The highest BCUT2D eigenvalue weighted by Gasteiger charge is 2.30. The minimum absolute atomic E-state index is 0.205. The molecule has 0 aliphatic heterocycles. The molecule has 0 saturated carbocycles. The Bertz CT molecular complexity index is 624. The number of nitrogens with one attached hydrogen (secondary N) is 1. The van der Waals surface area contributed by atoms with Gasteiger partial charge in [-0.25, -0.2) is 0 Å². The molecule has 6 heteroatoms. The van der Waals surface area contributed by atoms with Gasteiger partial charge in [-0.1, -0.05) is 35.3 Å². The lowest BCUT2D eigenvalue weighted by atomic mass is 10.1. The van der Waals surface area contributed by atoms with Crippen molar-refractivity contribution in [3.63, 3.8) is 0 Å². The van der Waals surface area contributed by atoms with Crippen molar-refractivity contribution in [1.29, 1.82) is 0 Å². The molecule has 0 heterocycles. The van der Waals surface area contributed by atoms with E-state index in [-0.39, 0.29) is 6.04 Å². The predicted molar refractivity (Wildman–Crippen MR) is 79.9 cm³/mol. The van der Waals surface area contributed by atoms with Crippen LogP contribution in [0.25, 0.3) is 0 Å². The SMILES string of the molecule is CC(Nc1cc(Cl)ccc1Cl)c1ccc(C(F)(F)F)cc1. The molecule has 2 rings (SSSR count). The Labute approximate surface area is 130 Å². The van der Waals surface area contributed by atoms with Gasteiger partial charge in [0.25, 0.3) is 0 Å². The van der Waals surface area contributed by atoms with E-state index in [0.29, 0.717) is 15.7 Å². The molecule has 2 aromatic carbocycles. The summed E-state index contributed by atoms with van der Waals surface area (Å²) in [6.07, 6.45) is -4.33. The smallest absolute Gasteiger partial charge is 0.377 e. The summed E-state index contributed by atoms with van der Waals surface area (Å²) >= 11 is 11.9. The summed E-state index contributed by atoms with van der Waals surface area (Å²) in [5.74, 6) is 0. The Kier molecular flexibility index (Phi) is 4.69. The lowest BCUT2D eigenvalue weighted by Gasteiger charge is -2.17. The van der Waals surface area contributed by atoms with Crippen LogP contribution in [0.15, 0.2) is 42.5 Å². The van der Waals surface area contributed by atoms with Gasteiger partial charge in [-0.15, -0.1) is 0 Å². The van der Waals surface area contributed by atoms with Crippen LogP contribution in [0, 0.1) is 0 Å². The average molecular weight is 334 g/mol. The van der Waals surface area contributed by atoms with Crippen molar-refractivity contribution in [2.75, 3.05) is 5.32 Å². The fourth-order valence-electron chi connectivity index (χ4n) is 1.89. The Balaban J connectivity index is 2.17. The monoisotopic (exact) mass is 333 g/mol. The highest BCUT2D eigenvalue weighted by atomic mass is 35.5. The Morgan fingerprint density at radius 1 is 1.00 bits per heavy atom. The van der Waals surface area contributed by atoms with Crippen LogP contribution in [-0.2, 0) is 6.18 Å². The Morgan fingerprint density at radius 2 is 1.62 bits per heavy atom. The summed E-state index contributed by atoms with van der Waals surface area (Å²) < 4.78 is 37.6. The predicted octanol–water partition coefficient (Wildman–Crippen LogP) is 6.19. The molecule has 0 radical (unpaired) electrons. The third-order valence-corrected chi connectivity index (χ3v) is 3.60. The summed E-state index contributed by atoms with van der Waals surface area (Å²) in [5.41, 5.74) is 0.690. The van der Waals surface area contributed by atoms with Crippen LogP contribution in [0.3, 0.4) is 0 Å². The first-order valence-electron chi connectivity index (χ1n) is 6.16. The molecule has 0 bridgehead atoms. The van der Waals surface area contributed by atoms with E-state index >= 15 is 0 Å². The van der Waals surface area contributed by atoms with Crippen molar-refractivity contribution >= 4 is 28.9 Å². The maximum Gasteiger partial charge on any atom is 0.416 e. The van der Waals surface area contributed by atoms with Gasteiger partial charge in [0.1, 0.15) is 0 Å². The normalized spacial score (nSPS) is 13.0. The van der Waals surface area contributed by atoms with Crippen molar-refractivity contribution in [2.45, 2.75) is 19.1 Å². The largest absolute Gasteiger partial charge is 0.416 e. The van der Waals surface area contributed by atoms with Crippen LogP contribution < -0.4 is 5.32 Å². The average Bonchev–Trinajstić information content (AvgIpc) is 2.42. The van der Waals surface area contributed by atoms with Gasteiger partial charge in [0.15, 0.2) is 0 Å². The minimum atomic E-state index is -4.33. The first kappa shape index (κ1) is 16.0. The summed E-state index contributed by atoms with van der Waals surface area (Å²) in [5, 5.41) is 4.16. The molecule has 0 saturated heterocycles. The molecule has 0 spiro atoms. The zero-order chi connectivity index (χ0) is 15.6. The number of rotatable bonds is 3. The van der Waals surface area contributed by atoms with Gasteiger partial charge in [0.2, 0.25) is 0 Å². The number of hydrogen-bond donors (Lipinski definition) is 1. The van der Waals surface area contributed by atoms with Crippen LogP contribution in [-0.4, -0.2) is 0 Å². The van der Waals surface area contributed by atoms with Crippen molar-refractivity contribution in [3.8, 4) is 0 Å². The van der Waals surface area contributed by atoms with Crippen LogP contribution in [0.1, 0.15) is 24.1 Å². The van der Waals surface area contributed by atoms with Gasteiger partial charge in [-0.3, -0.25) is 0 Å². The van der Waals surface area contributed by atoms with Gasteiger partial charge >= 0.3 is 6.18 Å². The van der Waals surface area contributed by atoms with Gasteiger partial charge in [0.05, 0.1) is 16.3 Å². The van der Waals surface area contributed by atoms with E-state index in [9.17, 15) is 13.2 Å². The van der Waals surface area contributed by atoms with Gasteiger partial charge in [-0.05, 0) is 42.8 Å². The van der Waals surface area contributed by atoms with Crippen LogP contribution in [0.4, 0.5) is 18.9 Å². The molecule has 1 nitrogen and oxygen atoms in total. The fourth-order valence-corrected chi connectivity index (χ4v) is 2.23. The molecule has 1 atom stereocenters. The maximum absolute atomic E-state index is 12.5. The molecule has 0 aliphatic carbocycles. The lowest BCUT2D eigenvalue weighted by Crippen LogP contribution is -2.09. The van der Waals surface area contributed by atoms with E-state index in [2.05, 4.69) is 5.32 Å². The summed E-state index contributed by atoms with van der Waals surface area (Å²) in [6, 6.07) is 9.80. The highest BCUT2D eigenvalue weighted by Crippen LogP contribution is 2.32. The van der Waals surface area contributed by atoms with E-state index in [4.69, 9.17) is 23.2 Å². The second-order valence-electron chi connectivity index (χ2n) is 4.61. The quantitative estimate of drug-likeness (QED) is 0.706. The third kappa shape index (κ3) is 4.05. The van der Waals surface area contributed by atoms with E-state index in [1.54, 1.807) is 18.2 Å². The molecule has 1 unspecified atom stereocenters. The topological polar surface area (TPSA) is 12.0 Å². The highest BCUT2D eigenvalue weighted by molar-refractivity contribution is 6.35. The first-order chi connectivity index (χ1) is 9.77. The van der Waals surface area contributed by atoms with Crippen molar-refractivity contribution in [3.05, 3.63) is 63.6 Å². The molecule has 0 aliphatic rings. The number of alkyl halides is 3. The molecule has 2 aromatic rings. The Morgan fingerprint density at radius 3 is 2.19 bits per heavy atom. The van der Waals surface area contributed by atoms with Crippen LogP contribution in [0.5, 0.6) is 0 Å². The zero-order valence-electron chi connectivity index (χ0n) is 11.0. The van der Waals surface area contributed by atoms with E-state index in [0.717, 1.165) is 17.7 Å². The molecular formula is C15H12Cl2F3N. The lowest BCUT2D eigenvalue weighted by molar-refractivity contribution is -0.137. The van der Waals surface area contributed by atoms with Crippen molar-refractivity contribution < 1.29 is 13.2 Å². The molecule has 21 heavy (non-hydrogen) atoms. The molecule has 0 aromatic heterocycles. The van der Waals surface area contributed by atoms with Crippen LogP contribution >= 0.6 is 23.2 Å². The second-order valence-corrected chi connectivity index (χ2v) is 5.45. The minimum Gasteiger partial charge on any atom is -0.377 e. The fraction of sp³-hybridized carbons (Fsp3) is 0.200. The third-order valence-electron chi connectivity index (χ3n) is 3.04. The standard InChI is InChI=1S/C15H12Cl2F3N/c1-9(21-14-8-12(16)6-7-13(14)17)10-2-4-11(5-3-10)15(18,19)20/h2-9,21H,1H3. The summed E-state index contributed by atoms with van der Waals surface area (Å²) in [7, 11) is 0. The first-order valence-corrected chi connectivity index (χ1v) is 6.91. The van der Waals surface area contributed by atoms with Gasteiger partial charge < -0.3 is 5.32 Å². The summed E-state index contributed by atoms with van der Waals surface area (Å²) in [4.78, 5) is 0. The van der Waals surface area contributed by atoms with E-state index < -0.39 is 11.7 Å². The molecule has 0 fully saturated rings. The number of benzene rings is 2. The van der Waals surface area contributed by atoms with Crippen molar-refractivity contribution in [2.24, 2.45) is 0 Å². The van der Waals surface area contributed by atoms with E-state index in [1.165, 1.54) is 12.1 Å². The van der Waals surface area contributed by atoms with Crippen molar-refractivity contribution in [1.82, 2.24) is 0 Å². The molecule has 1 N–H and O–H groups in total. The Hall–Kier alpha value is -1.39. The van der Waals surface area contributed by atoms with Crippen LogP contribution in [0.2, 0.25) is 10.0 Å². The number of hydrogen-bond acceptors (Lipinski definition) is 1. The summed E-state index contributed by atoms with van der Waals surface area (Å²) in [6.45, 7) is 1.83. The molecular weight excluding hydrogens is 322 g/mol. The van der Waals surface area contributed by atoms with Gasteiger partial charge in [-0.2, -0.15) is 13.2 Å².